The van der Waals surface area contributed by atoms with Crippen molar-refractivity contribution in [2.24, 2.45) is 5.10 Å². The van der Waals surface area contributed by atoms with Crippen LogP contribution in [-0.4, -0.2) is 17.1 Å². The van der Waals surface area contributed by atoms with E-state index in [-0.39, 0.29) is 5.91 Å². The second-order valence-corrected chi connectivity index (χ2v) is 5.56. The van der Waals surface area contributed by atoms with Gasteiger partial charge in [0.15, 0.2) is 0 Å². The number of carbonyl (C=O) groups is 1. The van der Waals surface area contributed by atoms with E-state index in [1.165, 1.54) is 0 Å². The zero-order valence-electron chi connectivity index (χ0n) is 14.4. The van der Waals surface area contributed by atoms with E-state index in [0.29, 0.717) is 23.5 Å². The maximum atomic E-state index is 11.9. The normalized spacial score (nSPS) is 10.3. The number of nitriles is 1. The highest BCUT2D eigenvalue weighted by Gasteiger charge is 2.03. The Kier molecular flexibility index (Phi) is 5.89. The van der Waals surface area contributed by atoms with Crippen LogP contribution in [-0.2, 0) is 6.61 Å². The summed E-state index contributed by atoms with van der Waals surface area (Å²) >= 11 is 0. The summed E-state index contributed by atoms with van der Waals surface area (Å²) in [6, 6.07) is 20.0. The molecule has 6 heteroatoms. The van der Waals surface area contributed by atoms with Gasteiger partial charge in [-0.2, -0.15) is 10.4 Å². The van der Waals surface area contributed by atoms with E-state index in [0.717, 1.165) is 11.1 Å². The van der Waals surface area contributed by atoms with E-state index >= 15 is 0 Å². The van der Waals surface area contributed by atoms with Crippen LogP contribution in [0.4, 0.5) is 0 Å². The summed E-state index contributed by atoms with van der Waals surface area (Å²) in [5.41, 5.74) is 5.21. The molecular weight excluding hydrogens is 340 g/mol. The van der Waals surface area contributed by atoms with Crippen molar-refractivity contribution in [1.29, 1.82) is 5.26 Å². The Morgan fingerprint density at radius 3 is 2.59 bits per heavy atom. The van der Waals surface area contributed by atoms with Gasteiger partial charge in [-0.1, -0.05) is 18.2 Å². The summed E-state index contributed by atoms with van der Waals surface area (Å²) in [4.78, 5) is 15.7. The Morgan fingerprint density at radius 1 is 1.11 bits per heavy atom. The van der Waals surface area contributed by atoms with Crippen LogP contribution in [0.2, 0.25) is 0 Å². The van der Waals surface area contributed by atoms with Gasteiger partial charge in [0.1, 0.15) is 12.4 Å². The molecule has 1 N–H and O–H groups in total. The Labute approximate surface area is 156 Å². The maximum absolute atomic E-state index is 11.9. The molecule has 0 aliphatic carbocycles. The first-order chi connectivity index (χ1) is 13.3. The lowest BCUT2D eigenvalue weighted by Gasteiger charge is -2.07. The summed E-state index contributed by atoms with van der Waals surface area (Å²) in [7, 11) is 0. The standard InChI is InChI=1S/C21H16N4O2/c22-13-18-3-1-2-4-19(18)15-27-20-7-5-16(6-8-20)14-24-25-21(26)17-9-11-23-12-10-17/h1-12,14H,15H2,(H,25,26)/b24-14+. The Morgan fingerprint density at radius 2 is 1.85 bits per heavy atom. The molecule has 0 spiro atoms. The van der Waals surface area contributed by atoms with Gasteiger partial charge in [0, 0.05) is 23.5 Å². The van der Waals surface area contributed by atoms with Gasteiger partial charge in [-0.3, -0.25) is 9.78 Å². The van der Waals surface area contributed by atoms with Crippen LogP contribution in [0.5, 0.6) is 5.75 Å². The highest BCUT2D eigenvalue weighted by Crippen LogP contribution is 2.15. The number of hydrogen-bond donors (Lipinski definition) is 1. The summed E-state index contributed by atoms with van der Waals surface area (Å²) in [6.07, 6.45) is 4.65. The van der Waals surface area contributed by atoms with Crippen molar-refractivity contribution in [2.75, 3.05) is 0 Å². The molecule has 6 nitrogen and oxygen atoms in total. The first-order valence-electron chi connectivity index (χ1n) is 8.20. The Hall–Kier alpha value is -3.98. The fourth-order valence-electron chi connectivity index (χ4n) is 2.30. The fraction of sp³-hybridized carbons (Fsp3) is 0.0476. The van der Waals surface area contributed by atoms with Crippen molar-refractivity contribution >= 4 is 12.1 Å². The molecule has 1 aromatic heterocycles. The molecule has 0 radical (unpaired) electrons. The molecule has 0 unspecified atom stereocenters. The minimum Gasteiger partial charge on any atom is -0.489 e. The third-order valence-electron chi connectivity index (χ3n) is 3.73. The topological polar surface area (TPSA) is 87.4 Å². The number of pyridine rings is 1. The number of benzene rings is 2. The summed E-state index contributed by atoms with van der Waals surface area (Å²) in [5, 5.41) is 13.0. The number of nitrogens with zero attached hydrogens (tertiary/aromatic N) is 3. The van der Waals surface area contributed by atoms with Crippen LogP contribution in [0.1, 0.15) is 27.0 Å². The van der Waals surface area contributed by atoms with Crippen molar-refractivity contribution in [3.05, 3.63) is 95.3 Å². The summed E-state index contributed by atoms with van der Waals surface area (Å²) in [5.74, 6) is 0.380. The average molecular weight is 356 g/mol. The molecule has 132 valence electrons. The Balaban J connectivity index is 1.54. The van der Waals surface area contributed by atoms with Gasteiger partial charge in [-0.05, 0) is 48.0 Å². The monoisotopic (exact) mass is 356 g/mol. The largest absolute Gasteiger partial charge is 0.489 e. The van der Waals surface area contributed by atoms with Gasteiger partial charge >= 0.3 is 0 Å². The SMILES string of the molecule is N#Cc1ccccc1COc1ccc(/C=N/NC(=O)c2ccncc2)cc1. The molecular formula is C21H16N4O2. The molecule has 0 saturated carbocycles. The zero-order valence-corrected chi connectivity index (χ0v) is 14.4. The van der Waals surface area contributed by atoms with Crippen LogP contribution in [0, 0.1) is 11.3 Å². The van der Waals surface area contributed by atoms with Crippen LogP contribution >= 0.6 is 0 Å². The van der Waals surface area contributed by atoms with Crippen LogP contribution in [0.25, 0.3) is 0 Å². The summed E-state index contributed by atoms with van der Waals surface area (Å²) < 4.78 is 5.72. The number of carbonyl (C=O) groups excluding carboxylic acids is 1. The van der Waals surface area contributed by atoms with Gasteiger partial charge in [0.2, 0.25) is 0 Å². The van der Waals surface area contributed by atoms with Crippen molar-refractivity contribution in [1.82, 2.24) is 10.4 Å². The maximum Gasteiger partial charge on any atom is 0.271 e. The smallest absolute Gasteiger partial charge is 0.271 e. The average Bonchev–Trinajstić information content (AvgIpc) is 2.74. The first-order valence-corrected chi connectivity index (χ1v) is 8.20. The first kappa shape index (κ1) is 17.8. The number of aromatic nitrogens is 1. The molecule has 3 aromatic rings. The van der Waals surface area contributed by atoms with Crippen LogP contribution < -0.4 is 10.2 Å². The molecule has 0 aliphatic rings. The van der Waals surface area contributed by atoms with E-state index in [1.54, 1.807) is 48.9 Å². The lowest BCUT2D eigenvalue weighted by molar-refractivity contribution is 0.0955. The minimum absolute atomic E-state index is 0.301. The van der Waals surface area contributed by atoms with Gasteiger partial charge in [-0.25, -0.2) is 5.43 Å². The number of hydrogen-bond acceptors (Lipinski definition) is 5. The number of nitrogens with one attached hydrogen (secondary N) is 1. The molecule has 0 bridgehead atoms. The lowest BCUT2D eigenvalue weighted by atomic mass is 10.1. The molecule has 2 aromatic carbocycles. The predicted molar refractivity (Wildman–Crippen MR) is 101 cm³/mol. The fourth-order valence-corrected chi connectivity index (χ4v) is 2.30. The molecule has 0 aliphatic heterocycles. The van der Waals surface area contributed by atoms with E-state index < -0.39 is 0 Å². The van der Waals surface area contributed by atoms with Gasteiger partial charge < -0.3 is 4.74 Å². The third-order valence-corrected chi connectivity index (χ3v) is 3.73. The van der Waals surface area contributed by atoms with Crippen LogP contribution in [0.3, 0.4) is 0 Å². The van der Waals surface area contributed by atoms with E-state index in [4.69, 9.17) is 10.00 Å². The van der Waals surface area contributed by atoms with Crippen molar-refractivity contribution in [3.8, 4) is 11.8 Å². The highest BCUT2D eigenvalue weighted by atomic mass is 16.5. The zero-order chi connectivity index (χ0) is 18.9. The van der Waals surface area contributed by atoms with E-state index in [1.807, 2.05) is 30.3 Å². The second kappa shape index (κ2) is 8.92. The molecule has 1 amide bonds. The van der Waals surface area contributed by atoms with Crippen molar-refractivity contribution < 1.29 is 9.53 Å². The third kappa shape index (κ3) is 5.00. The molecule has 1 heterocycles. The molecule has 0 saturated heterocycles. The van der Waals surface area contributed by atoms with E-state index in [9.17, 15) is 4.79 Å². The van der Waals surface area contributed by atoms with Crippen molar-refractivity contribution in [2.45, 2.75) is 6.61 Å². The van der Waals surface area contributed by atoms with Crippen molar-refractivity contribution in [3.63, 3.8) is 0 Å². The quantitative estimate of drug-likeness (QED) is 0.542. The number of rotatable bonds is 6. The number of amides is 1. The Bertz CT molecular complexity index is 977. The number of ether oxygens (including phenoxy) is 1. The highest BCUT2D eigenvalue weighted by molar-refractivity contribution is 5.94. The van der Waals surface area contributed by atoms with E-state index in [2.05, 4.69) is 21.6 Å². The number of hydrazone groups is 1. The van der Waals surface area contributed by atoms with Gasteiger partial charge in [-0.15, -0.1) is 0 Å². The minimum atomic E-state index is -0.301. The van der Waals surface area contributed by atoms with Gasteiger partial charge in [0.25, 0.3) is 5.91 Å². The molecule has 0 atom stereocenters. The second-order valence-electron chi connectivity index (χ2n) is 5.56. The molecule has 27 heavy (non-hydrogen) atoms. The summed E-state index contributed by atoms with van der Waals surface area (Å²) in [6.45, 7) is 0.319. The predicted octanol–water partition coefficient (Wildman–Crippen LogP) is 3.30. The lowest BCUT2D eigenvalue weighted by Crippen LogP contribution is -2.17. The molecule has 3 rings (SSSR count). The molecule has 0 fully saturated rings. The van der Waals surface area contributed by atoms with Gasteiger partial charge in [0.05, 0.1) is 17.8 Å². The van der Waals surface area contributed by atoms with Crippen LogP contribution in [0.15, 0.2) is 78.2 Å².